The SMILES string of the molecule is [B]c1c([B])c([B])c2c(c1[B])[B]c1c([B])c([B])c(B(O)O)c3c4c([B])c([B])c([B])c([B])c4n-2c13. The number of hydrogen-bond donors (Lipinski definition) is 2. The van der Waals surface area contributed by atoms with Crippen molar-refractivity contribution in [2.75, 3.05) is 0 Å². The first-order valence-electron chi connectivity index (χ1n) is 9.69. The fraction of sp³-hybridized carbons (Fsp3) is 0. The first-order chi connectivity index (χ1) is 15.4. The van der Waals surface area contributed by atoms with E-state index in [9.17, 15) is 10.0 Å². The molecule has 0 unspecified atom stereocenters. The Morgan fingerprint density at radius 3 is 1.64 bits per heavy atom. The summed E-state index contributed by atoms with van der Waals surface area (Å²) in [7, 11) is 62.2. The summed E-state index contributed by atoms with van der Waals surface area (Å²) in [6, 6.07) is 0. The zero-order valence-electron chi connectivity index (χ0n) is 17.3. The molecule has 4 aromatic rings. The van der Waals surface area contributed by atoms with Crippen molar-refractivity contribution in [3.63, 3.8) is 0 Å². The molecule has 0 saturated heterocycles. The van der Waals surface area contributed by atoms with Crippen molar-refractivity contribution in [3.05, 3.63) is 0 Å². The number of rotatable bonds is 1. The molecule has 1 aromatic heterocycles. The maximum absolute atomic E-state index is 10.2. The van der Waals surface area contributed by atoms with E-state index in [1.165, 1.54) is 0 Å². The molecular formula is C18H2B12NO2. The van der Waals surface area contributed by atoms with Crippen LogP contribution in [0.1, 0.15) is 0 Å². The van der Waals surface area contributed by atoms with E-state index in [0.29, 0.717) is 33.0 Å². The maximum Gasteiger partial charge on any atom is 0.488 e. The van der Waals surface area contributed by atoms with Gasteiger partial charge in [0.1, 0.15) is 78.5 Å². The topological polar surface area (TPSA) is 45.4 Å². The van der Waals surface area contributed by atoms with Crippen LogP contribution in [0.2, 0.25) is 0 Å². The second-order valence-electron chi connectivity index (χ2n) is 8.03. The van der Waals surface area contributed by atoms with Crippen LogP contribution < -0.4 is 71.0 Å². The smallest absolute Gasteiger partial charge is 0.423 e. The lowest BCUT2D eigenvalue weighted by molar-refractivity contribution is 0.426. The molecule has 0 amide bonds. The fourth-order valence-corrected chi connectivity index (χ4v) is 4.72. The van der Waals surface area contributed by atoms with Crippen LogP contribution in [0.15, 0.2) is 0 Å². The lowest BCUT2D eigenvalue weighted by Gasteiger charge is -2.30. The average molecular weight is 394 g/mol. The van der Waals surface area contributed by atoms with Gasteiger partial charge in [-0.15, -0.1) is 38.2 Å². The Kier molecular flexibility index (Phi) is 5.09. The van der Waals surface area contributed by atoms with E-state index in [0.717, 1.165) is 0 Å². The zero-order chi connectivity index (χ0) is 24.3. The molecule has 0 spiro atoms. The van der Waals surface area contributed by atoms with Gasteiger partial charge in [-0.3, -0.25) is 0 Å². The maximum atomic E-state index is 10.2. The molecule has 3 nitrogen and oxygen atoms in total. The predicted molar refractivity (Wildman–Crippen MR) is 150 cm³/mol. The minimum atomic E-state index is -2.00. The number of benzene rings is 3. The van der Waals surface area contributed by atoms with Crippen LogP contribution in [0, 0.1) is 0 Å². The van der Waals surface area contributed by atoms with Crippen molar-refractivity contribution in [2.45, 2.75) is 0 Å². The Bertz CT molecular complexity index is 1580. The highest BCUT2D eigenvalue weighted by Crippen LogP contribution is 2.27. The second kappa shape index (κ2) is 7.33. The third-order valence-electron chi connectivity index (χ3n) is 6.40. The summed E-state index contributed by atoms with van der Waals surface area (Å²) in [5, 5.41) is 21.0. The Balaban J connectivity index is 2.23. The molecule has 3 aromatic carbocycles. The molecule has 1 aliphatic heterocycles. The summed E-state index contributed by atoms with van der Waals surface area (Å²) in [6.07, 6.45) is 0. The van der Waals surface area contributed by atoms with Gasteiger partial charge in [-0.1, -0.05) is 27.3 Å². The molecular weight excluding hydrogens is 392 g/mol. The fourth-order valence-electron chi connectivity index (χ4n) is 4.72. The number of nitrogens with zero attached hydrogens (tertiary/aromatic N) is 1. The van der Waals surface area contributed by atoms with Gasteiger partial charge >= 0.3 is 7.12 Å². The first-order valence-corrected chi connectivity index (χ1v) is 9.69. The largest absolute Gasteiger partial charge is 0.488 e. The molecule has 1 aliphatic rings. The van der Waals surface area contributed by atoms with Crippen LogP contribution in [-0.2, 0) is 0 Å². The third kappa shape index (κ3) is 2.70. The molecule has 0 saturated carbocycles. The van der Waals surface area contributed by atoms with Crippen LogP contribution in [0.3, 0.4) is 0 Å². The van der Waals surface area contributed by atoms with Crippen LogP contribution >= 0.6 is 0 Å². The van der Waals surface area contributed by atoms with E-state index in [2.05, 4.69) is 0 Å². The summed E-state index contributed by atoms with van der Waals surface area (Å²) in [6.45, 7) is 0. The van der Waals surface area contributed by atoms with Gasteiger partial charge < -0.3 is 14.6 Å². The van der Waals surface area contributed by atoms with Gasteiger partial charge in [0.25, 0.3) is 0 Å². The van der Waals surface area contributed by atoms with E-state index < -0.39 is 7.12 Å². The van der Waals surface area contributed by atoms with Crippen LogP contribution in [0.4, 0.5) is 0 Å². The Labute approximate surface area is 205 Å². The van der Waals surface area contributed by atoms with E-state index in [-0.39, 0.29) is 65.5 Å². The van der Waals surface area contributed by atoms with Crippen molar-refractivity contribution in [1.82, 2.24) is 4.57 Å². The quantitative estimate of drug-likeness (QED) is 0.278. The molecule has 15 heteroatoms. The molecule has 33 heavy (non-hydrogen) atoms. The number of fused-ring (bicyclic) bond motifs is 5. The molecule has 5 rings (SSSR count). The Morgan fingerprint density at radius 2 is 1.03 bits per heavy atom. The van der Waals surface area contributed by atoms with Crippen molar-refractivity contribution >= 4 is 186 Å². The summed E-state index contributed by atoms with van der Waals surface area (Å²) in [5.41, 5.74) is 2.49. The third-order valence-corrected chi connectivity index (χ3v) is 6.40. The van der Waals surface area contributed by atoms with Gasteiger partial charge in [0.05, 0.1) is 0 Å². The minimum Gasteiger partial charge on any atom is -0.423 e. The zero-order valence-corrected chi connectivity index (χ0v) is 17.3. The highest BCUT2D eigenvalue weighted by atomic mass is 16.4. The summed E-state index contributed by atoms with van der Waals surface area (Å²) >= 11 is 0. The van der Waals surface area contributed by atoms with E-state index in [1.54, 1.807) is 11.8 Å². The standard InChI is InChI=1S/C18H2B12NO2/c19-3-1-2-15(30(32)33)10(26)9(25)13-17(2)31(16(1)11(27)6(22)4(3)20)18-12(28)7(23)5(21)8(24)14(18)29-13/h32-33H. The van der Waals surface area contributed by atoms with Gasteiger partial charge in [-0.05, 0) is 10.8 Å². The average Bonchev–Trinajstić information content (AvgIpc) is 3.12. The molecule has 0 atom stereocenters. The van der Waals surface area contributed by atoms with Gasteiger partial charge in [-0.2, -0.15) is 0 Å². The molecule has 127 valence electrons. The summed E-state index contributed by atoms with van der Waals surface area (Å²) in [5.74, 6) is 0. The second-order valence-corrected chi connectivity index (χ2v) is 8.03. The van der Waals surface area contributed by atoms with Crippen LogP contribution in [0.5, 0.6) is 0 Å². The van der Waals surface area contributed by atoms with E-state index >= 15 is 0 Å². The van der Waals surface area contributed by atoms with Crippen molar-refractivity contribution < 1.29 is 10.0 Å². The molecule has 2 heterocycles. The highest BCUT2D eigenvalue weighted by molar-refractivity contribution is 6.85. The normalized spacial score (nSPS) is 12.2. The van der Waals surface area contributed by atoms with Crippen LogP contribution in [0.25, 0.3) is 27.5 Å². The van der Waals surface area contributed by atoms with Gasteiger partial charge in [0, 0.05) is 22.1 Å². The summed E-state index contributed by atoms with van der Waals surface area (Å²) < 4.78 is 1.62. The molecule has 0 aliphatic carbocycles. The molecule has 2 N–H and O–H groups in total. The lowest BCUT2D eigenvalue weighted by atomic mass is 9.49. The van der Waals surface area contributed by atoms with E-state index in [4.69, 9.17) is 78.5 Å². The Hall–Kier alpha value is -1.84. The Morgan fingerprint density at radius 1 is 0.515 bits per heavy atom. The molecule has 0 fully saturated rings. The molecule has 21 radical (unpaired) electrons. The first kappa shape index (κ1) is 22.9. The number of aromatic nitrogens is 1. The lowest BCUT2D eigenvalue weighted by Crippen LogP contribution is -2.63. The van der Waals surface area contributed by atoms with Crippen LogP contribution in [-0.4, -0.2) is 107 Å². The van der Waals surface area contributed by atoms with Crippen molar-refractivity contribution in [1.29, 1.82) is 0 Å². The van der Waals surface area contributed by atoms with Crippen molar-refractivity contribution in [3.8, 4) is 5.69 Å². The van der Waals surface area contributed by atoms with Gasteiger partial charge in [0.15, 0.2) is 7.28 Å². The summed E-state index contributed by atoms with van der Waals surface area (Å²) in [4.78, 5) is 0. The number of hydrogen-bond acceptors (Lipinski definition) is 2. The van der Waals surface area contributed by atoms with Crippen molar-refractivity contribution in [2.24, 2.45) is 0 Å². The van der Waals surface area contributed by atoms with Gasteiger partial charge in [-0.25, -0.2) is 0 Å². The monoisotopic (exact) mass is 396 g/mol. The highest BCUT2D eigenvalue weighted by Gasteiger charge is 2.33. The predicted octanol–water partition coefficient (Wildman–Crippen LogP) is -11.6. The minimum absolute atomic E-state index is 0.0298. The van der Waals surface area contributed by atoms with Gasteiger partial charge in [0.2, 0.25) is 0 Å². The molecule has 0 bridgehead atoms. The van der Waals surface area contributed by atoms with E-state index in [1.807, 2.05) is 0 Å².